The number of carbonyl (C=O) groups excluding carboxylic acids is 2. The molecule has 2 aromatic rings. The maximum atomic E-state index is 12.9. The predicted octanol–water partition coefficient (Wildman–Crippen LogP) is 2.20. The van der Waals surface area contributed by atoms with E-state index in [1.807, 2.05) is 6.07 Å². The van der Waals surface area contributed by atoms with E-state index in [1.165, 1.54) is 28.6 Å². The summed E-state index contributed by atoms with van der Waals surface area (Å²) in [5, 5.41) is 3.34. The molecule has 0 aliphatic carbocycles. The number of nitrogens with one attached hydrogen (secondary N) is 1. The Hall–Kier alpha value is -2.42. The molecule has 1 saturated heterocycles. The fourth-order valence-corrected chi connectivity index (χ4v) is 5.13. The van der Waals surface area contributed by atoms with E-state index < -0.39 is 21.8 Å². The SMILES string of the molecule is NC(=O)c1cccc(CCNC(=O)C2CCCN(S(=O)(=O)c3ccc(Cl)cc3)C2)c1. The zero-order chi connectivity index (χ0) is 21.7. The topological polar surface area (TPSA) is 110 Å². The Labute approximate surface area is 181 Å². The third kappa shape index (κ3) is 5.38. The van der Waals surface area contributed by atoms with Crippen LogP contribution in [0.3, 0.4) is 0 Å². The third-order valence-electron chi connectivity index (χ3n) is 5.13. The number of nitrogens with two attached hydrogens (primary N) is 1. The Morgan fingerprint density at radius 3 is 2.60 bits per heavy atom. The highest BCUT2D eigenvalue weighted by Crippen LogP contribution is 2.24. The van der Waals surface area contributed by atoms with Crippen molar-refractivity contribution in [3.8, 4) is 0 Å². The number of nitrogens with zero attached hydrogens (tertiary/aromatic N) is 1. The van der Waals surface area contributed by atoms with Crippen molar-refractivity contribution < 1.29 is 18.0 Å². The Kier molecular flexibility index (Phi) is 7.12. The average Bonchev–Trinajstić information content (AvgIpc) is 2.74. The van der Waals surface area contributed by atoms with Crippen molar-refractivity contribution in [2.24, 2.45) is 11.7 Å². The number of carbonyl (C=O) groups is 2. The highest BCUT2D eigenvalue weighted by atomic mass is 35.5. The van der Waals surface area contributed by atoms with Gasteiger partial charge < -0.3 is 11.1 Å². The van der Waals surface area contributed by atoms with Gasteiger partial charge in [-0.25, -0.2) is 8.42 Å². The van der Waals surface area contributed by atoms with Crippen molar-refractivity contribution >= 4 is 33.4 Å². The second kappa shape index (κ2) is 9.59. The molecule has 1 aliphatic rings. The van der Waals surface area contributed by atoms with Crippen LogP contribution in [0.25, 0.3) is 0 Å². The minimum atomic E-state index is -3.67. The lowest BCUT2D eigenvalue weighted by Gasteiger charge is -2.31. The van der Waals surface area contributed by atoms with Gasteiger partial charge in [0.15, 0.2) is 0 Å². The van der Waals surface area contributed by atoms with E-state index in [-0.39, 0.29) is 17.3 Å². The van der Waals surface area contributed by atoms with Crippen LogP contribution in [0.5, 0.6) is 0 Å². The molecular formula is C21H24ClN3O4S. The predicted molar refractivity (Wildman–Crippen MR) is 115 cm³/mol. The highest BCUT2D eigenvalue weighted by molar-refractivity contribution is 7.89. The summed E-state index contributed by atoms with van der Waals surface area (Å²) >= 11 is 5.84. The molecule has 9 heteroatoms. The first kappa shape index (κ1) is 22.3. The number of primary amides is 1. The molecule has 3 rings (SSSR count). The zero-order valence-electron chi connectivity index (χ0n) is 16.4. The van der Waals surface area contributed by atoms with Crippen molar-refractivity contribution in [3.05, 3.63) is 64.7 Å². The summed E-state index contributed by atoms with van der Waals surface area (Å²) in [5.74, 6) is -1.07. The average molecular weight is 450 g/mol. The van der Waals surface area contributed by atoms with Crippen molar-refractivity contribution in [1.29, 1.82) is 0 Å². The van der Waals surface area contributed by atoms with Crippen molar-refractivity contribution in [3.63, 3.8) is 0 Å². The summed E-state index contributed by atoms with van der Waals surface area (Å²) in [6.07, 6.45) is 1.80. The first-order valence-electron chi connectivity index (χ1n) is 9.69. The summed E-state index contributed by atoms with van der Waals surface area (Å²) < 4.78 is 27.1. The van der Waals surface area contributed by atoms with Crippen molar-refractivity contribution in [2.45, 2.75) is 24.2 Å². The summed E-state index contributed by atoms with van der Waals surface area (Å²) in [4.78, 5) is 24.0. The van der Waals surface area contributed by atoms with Gasteiger partial charge in [0.1, 0.15) is 0 Å². The monoisotopic (exact) mass is 449 g/mol. The van der Waals surface area contributed by atoms with E-state index in [1.54, 1.807) is 18.2 Å². The molecule has 160 valence electrons. The maximum absolute atomic E-state index is 12.9. The van der Waals surface area contributed by atoms with Gasteiger partial charge in [-0.2, -0.15) is 4.31 Å². The van der Waals surface area contributed by atoms with Gasteiger partial charge in [-0.15, -0.1) is 0 Å². The molecule has 7 nitrogen and oxygen atoms in total. The Balaban J connectivity index is 1.57. The molecule has 0 aromatic heterocycles. The third-order valence-corrected chi connectivity index (χ3v) is 7.26. The molecule has 1 heterocycles. The lowest BCUT2D eigenvalue weighted by Crippen LogP contribution is -2.45. The number of hydrogen-bond acceptors (Lipinski definition) is 4. The van der Waals surface area contributed by atoms with Crippen molar-refractivity contribution in [2.75, 3.05) is 19.6 Å². The van der Waals surface area contributed by atoms with Crippen LogP contribution in [0.1, 0.15) is 28.8 Å². The van der Waals surface area contributed by atoms with E-state index in [9.17, 15) is 18.0 Å². The van der Waals surface area contributed by atoms with Crippen LogP contribution in [0.4, 0.5) is 0 Å². The van der Waals surface area contributed by atoms with Crippen molar-refractivity contribution in [1.82, 2.24) is 9.62 Å². The number of piperidine rings is 1. The summed E-state index contributed by atoms with van der Waals surface area (Å²) in [5.41, 5.74) is 6.60. The summed E-state index contributed by atoms with van der Waals surface area (Å²) in [6, 6.07) is 13.0. The molecule has 1 fully saturated rings. The Morgan fingerprint density at radius 2 is 1.90 bits per heavy atom. The van der Waals surface area contributed by atoms with Gasteiger partial charge in [0.05, 0.1) is 10.8 Å². The number of halogens is 1. The normalized spacial score (nSPS) is 17.4. The van der Waals surface area contributed by atoms with Gasteiger partial charge in [0.25, 0.3) is 0 Å². The number of benzene rings is 2. The summed E-state index contributed by atoms with van der Waals surface area (Å²) in [7, 11) is -3.67. The van der Waals surface area contributed by atoms with Crippen LogP contribution in [0.15, 0.2) is 53.4 Å². The van der Waals surface area contributed by atoms with E-state index in [4.69, 9.17) is 17.3 Å². The highest BCUT2D eigenvalue weighted by Gasteiger charge is 2.33. The molecule has 0 radical (unpaired) electrons. The quantitative estimate of drug-likeness (QED) is 0.675. The van der Waals surface area contributed by atoms with Gasteiger partial charge in [0, 0.05) is 30.2 Å². The molecule has 2 aromatic carbocycles. The van der Waals surface area contributed by atoms with E-state index in [2.05, 4.69) is 5.32 Å². The van der Waals surface area contributed by atoms with Gasteiger partial charge in [-0.3, -0.25) is 9.59 Å². The molecule has 1 unspecified atom stereocenters. The van der Waals surface area contributed by atoms with Crippen LogP contribution in [0.2, 0.25) is 5.02 Å². The molecule has 0 bridgehead atoms. The lowest BCUT2D eigenvalue weighted by molar-refractivity contribution is -0.126. The fourth-order valence-electron chi connectivity index (χ4n) is 3.48. The van der Waals surface area contributed by atoms with Gasteiger partial charge >= 0.3 is 0 Å². The van der Waals surface area contributed by atoms with E-state index in [0.717, 1.165) is 5.56 Å². The largest absolute Gasteiger partial charge is 0.366 e. The minimum absolute atomic E-state index is 0.147. The number of sulfonamides is 1. The minimum Gasteiger partial charge on any atom is -0.366 e. The molecule has 30 heavy (non-hydrogen) atoms. The van der Waals surface area contributed by atoms with Crippen LogP contribution in [0, 0.1) is 5.92 Å². The molecule has 1 atom stereocenters. The maximum Gasteiger partial charge on any atom is 0.248 e. The molecule has 0 saturated carbocycles. The van der Waals surface area contributed by atoms with Gasteiger partial charge in [-0.1, -0.05) is 23.7 Å². The Morgan fingerprint density at radius 1 is 1.17 bits per heavy atom. The second-order valence-electron chi connectivity index (χ2n) is 7.26. The molecule has 1 aliphatic heterocycles. The number of amides is 2. The standard InChI is InChI=1S/C21H24ClN3O4S/c22-18-6-8-19(9-7-18)30(28,29)25-12-2-5-17(14-25)21(27)24-11-10-15-3-1-4-16(13-15)20(23)26/h1,3-4,6-9,13,17H,2,5,10-12,14H2,(H2,23,26)(H,24,27). The summed E-state index contributed by atoms with van der Waals surface area (Å²) in [6.45, 7) is 0.921. The van der Waals surface area contributed by atoms with Crippen LogP contribution < -0.4 is 11.1 Å². The lowest BCUT2D eigenvalue weighted by atomic mass is 9.98. The Bertz CT molecular complexity index is 1020. The number of hydrogen-bond donors (Lipinski definition) is 2. The van der Waals surface area contributed by atoms with E-state index >= 15 is 0 Å². The van der Waals surface area contributed by atoms with E-state index in [0.29, 0.717) is 42.9 Å². The first-order chi connectivity index (χ1) is 14.3. The smallest absolute Gasteiger partial charge is 0.248 e. The first-order valence-corrected chi connectivity index (χ1v) is 11.5. The molecule has 0 spiro atoms. The van der Waals surface area contributed by atoms with Crippen LogP contribution in [-0.2, 0) is 21.2 Å². The fraction of sp³-hybridized carbons (Fsp3) is 0.333. The van der Waals surface area contributed by atoms with Crippen LogP contribution in [-0.4, -0.2) is 44.2 Å². The van der Waals surface area contributed by atoms with Gasteiger partial charge in [0.2, 0.25) is 21.8 Å². The molecule has 3 N–H and O–H groups in total. The van der Waals surface area contributed by atoms with Crippen LogP contribution >= 0.6 is 11.6 Å². The van der Waals surface area contributed by atoms with Gasteiger partial charge in [-0.05, 0) is 61.2 Å². The number of rotatable bonds is 7. The molecular weight excluding hydrogens is 426 g/mol. The zero-order valence-corrected chi connectivity index (χ0v) is 18.0. The molecule has 2 amide bonds. The second-order valence-corrected chi connectivity index (χ2v) is 9.64.